The summed E-state index contributed by atoms with van der Waals surface area (Å²) >= 11 is 0. The van der Waals surface area contributed by atoms with Crippen molar-refractivity contribution >= 4 is 29.2 Å². The Morgan fingerprint density at radius 2 is 1.77 bits per heavy atom. The van der Waals surface area contributed by atoms with Crippen molar-refractivity contribution in [2.75, 3.05) is 47.6 Å². The van der Waals surface area contributed by atoms with Gasteiger partial charge in [-0.05, 0) is 37.8 Å². The van der Waals surface area contributed by atoms with Crippen molar-refractivity contribution in [3.63, 3.8) is 0 Å². The SMILES string of the molecule is Cc1ccccc1NC(=O)Nc1cnc(N2CCCCC2)nc1N(C)C. The quantitative estimate of drug-likeness (QED) is 0.879. The number of amides is 2. The molecule has 0 aliphatic carbocycles. The molecule has 0 atom stereocenters. The highest BCUT2D eigenvalue weighted by Crippen LogP contribution is 2.25. The Labute approximate surface area is 154 Å². The number of hydrogen-bond acceptors (Lipinski definition) is 5. The molecule has 1 saturated heterocycles. The van der Waals surface area contributed by atoms with Crippen LogP contribution >= 0.6 is 0 Å². The average molecular weight is 354 g/mol. The lowest BCUT2D eigenvalue weighted by molar-refractivity contribution is 0.262. The summed E-state index contributed by atoms with van der Waals surface area (Å²) in [5.41, 5.74) is 2.37. The van der Waals surface area contributed by atoms with Gasteiger partial charge in [0, 0.05) is 32.9 Å². The van der Waals surface area contributed by atoms with Gasteiger partial charge < -0.3 is 20.4 Å². The van der Waals surface area contributed by atoms with Gasteiger partial charge in [-0.25, -0.2) is 9.78 Å². The smallest absolute Gasteiger partial charge is 0.323 e. The van der Waals surface area contributed by atoms with Crippen molar-refractivity contribution in [3.8, 4) is 0 Å². The molecular formula is C19H26N6O. The van der Waals surface area contributed by atoms with Gasteiger partial charge in [-0.1, -0.05) is 18.2 Å². The van der Waals surface area contributed by atoms with Crippen LogP contribution in [0.15, 0.2) is 30.5 Å². The number of nitrogens with one attached hydrogen (secondary N) is 2. The highest BCUT2D eigenvalue weighted by Gasteiger charge is 2.17. The number of aromatic nitrogens is 2. The van der Waals surface area contributed by atoms with Gasteiger partial charge in [-0.3, -0.25) is 0 Å². The van der Waals surface area contributed by atoms with Gasteiger partial charge >= 0.3 is 6.03 Å². The fourth-order valence-corrected chi connectivity index (χ4v) is 3.03. The van der Waals surface area contributed by atoms with Crippen LogP contribution in [0.5, 0.6) is 0 Å². The summed E-state index contributed by atoms with van der Waals surface area (Å²) < 4.78 is 0. The van der Waals surface area contributed by atoms with E-state index in [0.29, 0.717) is 11.5 Å². The Hall–Kier alpha value is -2.83. The van der Waals surface area contributed by atoms with Gasteiger partial charge in [0.15, 0.2) is 5.82 Å². The predicted octanol–water partition coefficient (Wildman–Crippen LogP) is 3.49. The monoisotopic (exact) mass is 354 g/mol. The van der Waals surface area contributed by atoms with E-state index in [1.807, 2.05) is 50.2 Å². The second-order valence-electron chi connectivity index (χ2n) is 6.74. The minimum atomic E-state index is -0.309. The van der Waals surface area contributed by atoms with Gasteiger partial charge in [-0.15, -0.1) is 0 Å². The van der Waals surface area contributed by atoms with Crippen molar-refractivity contribution in [1.29, 1.82) is 0 Å². The first-order valence-corrected chi connectivity index (χ1v) is 8.97. The minimum absolute atomic E-state index is 0.309. The molecule has 2 amide bonds. The van der Waals surface area contributed by atoms with E-state index in [2.05, 4.69) is 25.5 Å². The van der Waals surface area contributed by atoms with Crippen LogP contribution < -0.4 is 20.4 Å². The Morgan fingerprint density at radius 1 is 1.08 bits per heavy atom. The van der Waals surface area contributed by atoms with E-state index in [1.54, 1.807) is 6.20 Å². The van der Waals surface area contributed by atoms with Gasteiger partial charge in [0.05, 0.1) is 6.20 Å². The number of urea groups is 1. The molecule has 7 nitrogen and oxygen atoms in total. The summed E-state index contributed by atoms with van der Waals surface area (Å²) in [4.78, 5) is 25.6. The molecule has 3 rings (SSSR count). The van der Waals surface area contributed by atoms with E-state index < -0.39 is 0 Å². The molecule has 0 bridgehead atoms. The van der Waals surface area contributed by atoms with Crippen molar-refractivity contribution in [1.82, 2.24) is 9.97 Å². The lowest BCUT2D eigenvalue weighted by atomic mass is 10.1. The third-order valence-electron chi connectivity index (χ3n) is 4.46. The average Bonchev–Trinajstić information content (AvgIpc) is 2.64. The zero-order chi connectivity index (χ0) is 18.5. The van der Waals surface area contributed by atoms with Crippen LogP contribution in [0.2, 0.25) is 0 Å². The molecule has 0 radical (unpaired) electrons. The molecule has 7 heteroatoms. The maximum Gasteiger partial charge on any atom is 0.323 e. The Balaban J connectivity index is 1.76. The fourth-order valence-electron chi connectivity index (χ4n) is 3.03. The normalized spacial score (nSPS) is 14.0. The molecule has 1 aliphatic heterocycles. The maximum atomic E-state index is 12.4. The number of para-hydroxylation sites is 1. The van der Waals surface area contributed by atoms with Crippen molar-refractivity contribution in [3.05, 3.63) is 36.0 Å². The molecule has 1 aliphatic rings. The number of carbonyl (C=O) groups is 1. The van der Waals surface area contributed by atoms with Crippen LogP contribution in [0.3, 0.4) is 0 Å². The fraction of sp³-hybridized carbons (Fsp3) is 0.421. The van der Waals surface area contributed by atoms with E-state index in [9.17, 15) is 4.79 Å². The van der Waals surface area contributed by atoms with Crippen molar-refractivity contribution < 1.29 is 4.79 Å². The van der Waals surface area contributed by atoms with Crippen LogP contribution in [0.4, 0.5) is 27.9 Å². The molecule has 0 spiro atoms. The zero-order valence-electron chi connectivity index (χ0n) is 15.6. The predicted molar refractivity (Wildman–Crippen MR) is 106 cm³/mol. The summed E-state index contributed by atoms with van der Waals surface area (Å²) in [7, 11) is 3.82. The van der Waals surface area contributed by atoms with Gasteiger partial charge in [0.2, 0.25) is 5.95 Å². The van der Waals surface area contributed by atoms with E-state index in [1.165, 1.54) is 19.3 Å². The first kappa shape index (κ1) is 18.0. The number of anilines is 4. The number of benzene rings is 1. The molecule has 26 heavy (non-hydrogen) atoms. The molecule has 2 heterocycles. The number of hydrogen-bond donors (Lipinski definition) is 2. The number of rotatable bonds is 4. The van der Waals surface area contributed by atoms with E-state index in [0.717, 1.165) is 30.3 Å². The molecular weight excluding hydrogens is 328 g/mol. The van der Waals surface area contributed by atoms with Gasteiger partial charge in [-0.2, -0.15) is 4.98 Å². The van der Waals surface area contributed by atoms with E-state index in [-0.39, 0.29) is 6.03 Å². The lowest BCUT2D eigenvalue weighted by Crippen LogP contribution is -2.31. The number of carbonyl (C=O) groups excluding carboxylic acids is 1. The minimum Gasteiger partial charge on any atom is -0.361 e. The summed E-state index contributed by atoms with van der Waals surface area (Å²) in [6.45, 7) is 3.91. The van der Waals surface area contributed by atoms with Crippen molar-refractivity contribution in [2.45, 2.75) is 26.2 Å². The molecule has 1 aromatic heterocycles. The first-order chi connectivity index (χ1) is 12.5. The van der Waals surface area contributed by atoms with E-state index in [4.69, 9.17) is 0 Å². The van der Waals surface area contributed by atoms with Crippen LogP contribution in [0, 0.1) is 6.92 Å². The molecule has 0 saturated carbocycles. The maximum absolute atomic E-state index is 12.4. The first-order valence-electron chi connectivity index (χ1n) is 8.97. The summed E-state index contributed by atoms with van der Waals surface area (Å²) in [5, 5.41) is 5.73. The highest BCUT2D eigenvalue weighted by molar-refractivity contribution is 6.01. The molecule has 2 N–H and O–H groups in total. The second-order valence-corrected chi connectivity index (χ2v) is 6.74. The summed E-state index contributed by atoms with van der Waals surface area (Å²) in [5.74, 6) is 1.42. The van der Waals surface area contributed by atoms with Crippen LogP contribution in [0.25, 0.3) is 0 Å². The third kappa shape index (κ3) is 4.22. The summed E-state index contributed by atoms with van der Waals surface area (Å²) in [6.07, 6.45) is 5.28. The van der Waals surface area contributed by atoms with Crippen molar-refractivity contribution in [2.24, 2.45) is 0 Å². The standard InChI is InChI=1S/C19H26N6O/c1-14-9-5-6-10-15(14)21-19(26)22-16-13-20-18(23-17(16)24(2)3)25-11-7-4-8-12-25/h5-6,9-10,13H,4,7-8,11-12H2,1-3H3,(H2,21,22,26). The number of aryl methyl sites for hydroxylation is 1. The van der Waals surface area contributed by atoms with Gasteiger partial charge in [0.1, 0.15) is 5.69 Å². The largest absolute Gasteiger partial charge is 0.361 e. The third-order valence-corrected chi connectivity index (χ3v) is 4.46. The molecule has 0 unspecified atom stereocenters. The molecule has 1 fully saturated rings. The number of nitrogens with zero attached hydrogens (tertiary/aromatic N) is 4. The van der Waals surface area contributed by atoms with Gasteiger partial charge in [0.25, 0.3) is 0 Å². The van der Waals surface area contributed by atoms with Crippen LogP contribution in [-0.2, 0) is 0 Å². The molecule has 2 aromatic rings. The van der Waals surface area contributed by atoms with Crippen LogP contribution in [-0.4, -0.2) is 43.2 Å². The van der Waals surface area contributed by atoms with Crippen LogP contribution in [0.1, 0.15) is 24.8 Å². The Morgan fingerprint density at radius 3 is 2.46 bits per heavy atom. The topological polar surface area (TPSA) is 73.4 Å². The lowest BCUT2D eigenvalue weighted by Gasteiger charge is -2.28. The second kappa shape index (κ2) is 8.03. The molecule has 138 valence electrons. The zero-order valence-corrected chi connectivity index (χ0v) is 15.6. The number of piperidine rings is 1. The highest BCUT2D eigenvalue weighted by atomic mass is 16.2. The molecule has 1 aromatic carbocycles. The summed E-state index contributed by atoms with van der Waals surface area (Å²) in [6, 6.07) is 7.35. The Kier molecular flexibility index (Phi) is 5.55. The van der Waals surface area contributed by atoms with E-state index >= 15 is 0 Å². The Bertz CT molecular complexity index is 770.